The molecular formula is C13H15Cl2FN2O. The summed E-state index contributed by atoms with van der Waals surface area (Å²) in [5.74, 6) is -0.427. The Kier molecular flexibility index (Phi) is 4.66. The summed E-state index contributed by atoms with van der Waals surface area (Å²) in [5, 5.41) is 0.0979. The Balaban J connectivity index is 2.14. The third kappa shape index (κ3) is 3.19. The van der Waals surface area contributed by atoms with Gasteiger partial charge in [-0.2, -0.15) is 0 Å². The Hall–Kier alpha value is -0.840. The Bertz CT molecular complexity index is 488. The summed E-state index contributed by atoms with van der Waals surface area (Å²) < 4.78 is 13.4. The number of carbonyl (C=O) groups is 1. The molecule has 2 N–H and O–H groups in total. The average Bonchev–Trinajstić information content (AvgIpc) is 2.42. The number of nitrogens with two attached hydrogens (primary N) is 1. The molecule has 0 saturated carbocycles. The van der Waals surface area contributed by atoms with Gasteiger partial charge in [0.25, 0.3) is 5.91 Å². The van der Waals surface area contributed by atoms with Crippen LogP contribution < -0.4 is 5.73 Å². The van der Waals surface area contributed by atoms with Gasteiger partial charge in [0.05, 0.1) is 15.6 Å². The zero-order chi connectivity index (χ0) is 14.0. The summed E-state index contributed by atoms with van der Waals surface area (Å²) in [6.45, 7) is 1.89. The maximum atomic E-state index is 13.4. The van der Waals surface area contributed by atoms with E-state index in [0.717, 1.165) is 18.9 Å². The number of rotatable bonds is 2. The zero-order valence-corrected chi connectivity index (χ0v) is 11.8. The fraction of sp³-hybridized carbons (Fsp3) is 0.462. The summed E-state index contributed by atoms with van der Waals surface area (Å²) in [4.78, 5) is 14.0. The average molecular weight is 305 g/mol. The number of hydrogen-bond donors (Lipinski definition) is 1. The van der Waals surface area contributed by atoms with Crippen LogP contribution in [0.3, 0.4) is 0 Å². The van der Waals surface area contributed by atoms with Crippen molar-refractivity contribution in [3.8, 4) is 0 Å². The molecule has 6 heteroatoms. The Morgan fingerprint density at radius 1 is 1.32 bits per heavy atom. The molecule has 0 spiro atoms. The molecule has 104 valence electrons. The van der Waals surface area contributed by atoms with Crippen LogP contribution in [0.5, 0.6) is 0 Å². The minimum absolute atomic E-state index is 0.0802. The minimum atomic E-state index is -0.633. The van der Waals surface area contributed by atoms with Crippen LogP contribution in [-0.4, -0.2) is 30.4 Å². The molecule has 1 aromatic carbocycles. The molecule has 1 aliphatic rings. The van der Waals surface area contributed by atoms with Gasteiger partial charge >= 0.3 is 0 Å². The lowest BCUT2D eigenvalue weighted by atomic mass is 9.96. The standard InChI is InChI=1S/C13H15Cl2FN2O/c14-10-6-11(15)12(16)5-9(10)13(19)18-3-1-8(7-17)2-4-18/h5-6,8H,1-4,7,17H2. The van der Waals surface area contributed by atoms with E-state index in [1.807, 2.05) is 0 Å². The van der Waals surface area contributed by atoms with E-state index in [1.54, 1.807) is 4.90 Å². The van der Waals surface area contributed by atoms with Crippen molar-refractivity contribution in [1.82, 2.24) is 4.90 Å². The van der Waals surface area contributed by atoms with E-state index in [2.05, 4.69) is 0 Å². The van der Waals surface area contributed by atoms with Crippen LogP contribution in [0.1, 0.15) is 23.2 Å². The fourth-order valence-electron chi connectivity index (χ4n) is 2.23. The molecule has 19 heavy (non-hydrogen) atoms. The van der Waals surface area contributed by atoms with Crippen molar-refractivity contribution in [2.24, 2.45) is 11.7 Å². The van der Waals surface area contributed by atoms with E-state index in [9.17, 15) is 9.18 Å². The second kappa shape index (κ2) is 6.07. The van der Waals surface area contributed by atoms with Gasteiger partial charge in [0.2, 0.25) is 0 Å². The van der Waals surface area contributed by atoms with Crippen LogP contribution in [0.15, 0.2) is 12.1 Å². The third-order valence-corrected chi connectivity index (χ3v) is 4.08. The fourth-order valence-corrected chi connectivity index (χ4v) is 2.69. The van der Waals surface area contributed by atoms with Crippen molar-refractivity contribution < 1.29 is 9.18 Å². The van der Waals surface area contributed by atoms with Gasteiger partial charge in [-0.05, 0) is 37.4 Å². The number of hydrogen-bond acceptors (Lipinski definition) is 2. The molecule has 0 aromatic heterocycles. The number of piperidine rings is 1. The molecule has 1 amide bonds. The lowest BCUT2D eigenvalue weighted by molar-refractivity contribution is 0.0693. The van der Waals surface area contributed by atoms with Gasteiger partial charge in [-0.1, -0.05) is 23.2 Å². The van der Waals surface area contributed by atoms with E-state index in [1.165, 1.54) is 6.07 Å². The van der Waals surface area contributed by atoms with Gasteiger partial charge in [-0.3, -0.25) is 4.79 Å². The van der Waals surface area contributed by atoms with Gasteiger partial charge < -0.3 is 10.6 Å². The van der Waals surface area contributed by atoms with Crippen molar-refractivity contribution in [3.05, 3.63) is 33.6 Å². The quantitative estimate of drug-likeness (QED) is 0.854. The summed E-state index contributed by atoms with van der Waals surface area (Å²) >= 11 is 11.6. The lowest BCUT2D eigenvalue weighted by Crippen LogP contribution is -2.40. The molecule has 1 aliphatic heterocycles. The van der Waals surface area contributed by atoms with Crippen LogP contribution in [0, 0.1) is 11.7 Å². The molecule has 0 aliphatic carbocycles. The number of benzene rings is 1. The Morgan fingerprint density at radius 2 is 1.95 bits per heavy atom. The summed E-state index contributed by atoms with van der Waals surface area (Å²) in [6, 6.07) is 2.36. The molecule has 0 radical (unpaired) electrons. The summed E-state index contributed by atoms with van der Waals surface area (Å²) in [6.07, 6.45) is 1.74. The van der Waals surface area contributed by atoms with Crippen molar-refractivity contribution in [2.45, 2.75) is 12.8 Å². The topological polar surface area (TPSA) is 46.3 Å². The highest BCUT2D eigenvalue weighted by Crippen LogP contribution is 2.26. The Labute approximate surface area is 121 Å². The first-order valence-corrected chi connectivity index (χ1v) is 6.92. The predicted octanol–water partition coefficient (Wildman–Crippen LogP) is 2.94. The van der Waals surface area contributed by atoms with Gasteiger partial charge in [0.1, 0.15) is 5.82 Å². The number of carbonyl (C=O) groups excluding carboxylic acids is 1. The van der Waals surface area contributed by atoms with Crippen LogP contribution >= 0.6 is 23.2 Å². The first-order valence-electron chi connectivity index (χ1n) is 6.16. The number of amides is 1. The predicted molar refractivity (Wildman–Crippen MR) is 74.1 cm³/mol. The maximum absolute atomic E-state index is 13.4. The first kappa shape index (κ1) is 14.6. The van der Waals surface area contributed by atoms with Crippen molar-refractivity contribution in [2.75, 3.05) is 19.6 Å². The SMILES string of the molecule is NCC1CCN(C(=O)c2cc(F)c(Cl)cc2Cl)CC1. The van der Waals surface area contributed by atoms with Crippen molar-refractivity contribution in [3.63, 3.8) is 0 Å². The molecule has 0 unspecified atom stereocenters. The summed E-state index contributed by atoms with van der Waals surface area (Å²) in [7, 11) is 0. The van der Waals surface area contributed by atoms with E-state index in [4.69, 9.17) is 28.9 Å². The third-order valence-electron chi connectivity index (χ3n) is 3.48. The van der Waals surface area contributed by atoms with Crippen molar-refractivity contribution >= 4 is 29.1 Å². The smallest absolute Gasteiger partial charge is 0.255 e. The van der Waals surface area contributed by atoms with Gasteiger partial charge in [0.15, 0.2) is 0 Å². The second-order valence-corrected chi connectivity index (χ2v) is 5.53. The normalized spacial score (nSPS) is 16.7. The highest BCUT2D eigenvalue weighted by Gasteiger charge is 2.25. The van der Waals surface area contributed by atoms with Crippen LogP contribution in [0.4, 0.5) is 4.39 Å². The first-order chi connectivity index (χ1) is 9.02. The lowest BCUT2D eigenvalue weighted by Gasteiger charge is -2.31. The van der Waals surface area contributed by atoms with Gasteiger partial charge in [-0.15, -0.1) is 0 Å². The molecule has 1 fully saturated rings. The van der Waals surface area contributed by atoms with Gasteiger partial charge in [0, 0.05) is 13.1 Å². The molecule has 0 atom stereocenters. The van der Waals surface area contributed by atoms with E-state index < -0.39 is 5.82 Å². The largest absolute Gasteiger partial charge is 0.339 e. The minimum Gasteiger partial charge on any atom is -0.339 e. The molecule has 3 nitrogen and oxygen atoms in total. The molecule has 0 bridgehead atoms. The molecule has 1 heterocycles. The summed E-state index contributed by atoms with van der Waals surface area (Å²) in [5.41, 5.74) is 5.77. The Morgan fingerprint density at radius 3 is 2.53 bits per heavy atom. The monoisotopic (exact) mass is 304 g/mol. The number of likely N-dealkylation sites (tertiary alicyclic amines) is 1. The highest BCUT2D eigenvalue weighted by molar-refractivity contribution is 6.36. The molecule has 2 rings (SSSR count). The molecule has 1 saturated heterocycles. The number of nitrogens with zero attached hydrogens (tertiary/aromatic N) is 1. The van der Waals surface area contributed by atoms with E-state index in [0.29, 0.717) is 25.6 Å². The van der Waals surface area contributed by atoms with Crippen LogP contribution in [0.2, 0.25) is 10.0 Å². The van der Waals surface area contributed by atoms with E-state index in [-0.39, 0.29) is 21.5 Å². The second-order valence-electron chi connectivity index (χ2n) is 4.72. The highest BCUT2D eigenvalue weighted by atomic mass is 35.5. The van der Waals surface area contributed by atoms with E-state index >= 15 is 0 Å². The molecule has 1 aromatic rings. The van der Waals surface area contributed by atoms with Gasteiger partial charge in [-0.25, -0.2) is 4.39 Å². The van der Waals surface area contributed by atoms with Crippen molar-refractivity contribution in [1.29, 1.82) is 0 Å². The maximum Gasteiger partial charge on any atom is 0.255 e. The number of halogens is 3. The van der Waals surface area contributed by atoms with Crippen LogP contribution in [0.25, 0.3) is 0 Å². The molecular weight excluding hydrogens is 290 g/mol. The van der Waals surface area contributed by atoms with Crippen LogP contribution in [-0.2, 0) is 0 Å². The zero-order valence-electron chi connectivity index (χ0n) is 10.3.